The molecule has 1 aromatic carbocycles. The third-order valence-electron chi connectivity index (χ3n) is 3.20. The second-order valence-corrected chi connectivity index (χ2v) is 4.78. The first-order valence-corrected chi connectivity index (χ1v) is 6.11. The van der Waals surface area contributed by atoms with E-state index >= 15 is 0 Å². The number of rotatable bonds is 2. The third kappa shape index (κ3) is 2.00. The molecule has 0 bridgehead atoms. The molecule has 19 heavy (non-hydrogen) atoms. The molecule has 5 nitrogen and oxygen atoms in total. The van der Waals surface area contributed by atoms with Crippen LogP contribution in [0.4, 0.5) is 5.82 Å². The molecule has 2 aromatic rings. The number of phenols is 1. The lowest BCUT2D eigenvalue weighted by molar-refractivity contribution is 0.371. The molecule has 0 saturated heterocycles. The lowest BCUT2D eigenvalue weighted by Gasteiger charge is -2.15. The molecular weight excluding hydrogens is 266 g/mol. The van der Waals surface area contributed by atoms with Crippen LogP contribution in [-0.2, 0) is 7.05 Å². The first-order chi connectivity index (χ1) is 8.88. The molecule has 0 atom stereocenters. The van der Waals surface area contributed by atoms with Crippen molar-refractivity contribution in [2.24, 2.45) is 7.05 Å². The van der Waals surface area contributed by atoms with Crippen LogP contribution in [0.15, 0.2) is 6.07 Å². The number of ether oxygens (including phenoxy) is 1. The monoisotopic (exact) mass is 281 g/mol. The van der Waals surface area contributed by atoms with Crippen molar-refractivity contribution in [3.8, 4) is 22.8 Å². The van der Waals surface area contributed by atoms with Gasteiger partial charge in [0.25, 0.3) is 0 Å². The number of nitrogen functional groups attached to an aromatic ring is 1. The molecule has 3 N–H and O–H groups in total. The highest BCUT2D eigenvalue weighted by Gasteiger charge is 2.22. The van der Waals surface area contributed by atoms with Gasteiger partial charge in [-0.25, -0.2) is 0 Å². The highest BCUT2D eigenvalue weighted by molar-refractivity contribution is 6.33. The van der Waals surface area contributed by atoms with Gasteiger partial charge in [-0.05, 0) is 19.4 Å². The fraction of sp³-hybridized carbons (Fsp3) is 0.308. The Balaban J connectivity index is 2.80. The van der Waals surface area contributed by atoms with E-state index in [1.165, 1.54) is 11.8 Å². The predicted molar refractivity (Wildman–Crippen MR) is 75.8 cm³/mol. The number of benzene rings is 1. The summed E-state index contributed by atoms with van der Waals surface area (Å²) in [6.07, 6.45) is 0. The molecule has 0 aliphatic rings. The summed E-state index contributed by atoms with van der Waals surface area (Å²) in [5.41, 5.74) is 8.32. The van der Waals surface area contributed by atoms with Gasteiger partial charge in [0.2, 0.25) is 0 Å². The Morgan fingerprint density at radius 3 is 2.47 bits per heavy atom. The van der Waals surface area contributed by atoms with Crippen molar-refractivity contribution in [2.45, 2.75) is 13.8 Å². The van der Waals surface area contributed by atoms with Crippen LogP contribution in [0.25, 0.3) is 11.3 Å². The van der Waals surface area contributed by atoms with Crippen molar-refractivity contribution in [3.63, 3.8) is 0 Å². The Morgan fingerprint density at radius 1 is 1.37 bits per heavy atom. The summed E-state index contributed by atoms with van der Waals surface area (Å²) >= 11 is 6.28. The van der Waals surface area contributed by atoms with Crippen molar-refractivity contribution in [2.75, 3.05) is 12.8 Å². The average Bonchev–Trinajstić information content (AvgIpc) is 2.67. The SMILES string of the molecule is COc1c(C)c(Cl)c(C)c(-c2cc(N)n(C)n2)c1O. The largest absolute Gasteiger partial charge is 0.504 e. The van der Waals surface area contributed by atoms with E-state index in [1.54, 1.807) is 20.0 Å². The standard InChI is InChI=1S/C13H16ClN3O2/c1-6-10(8-5-9(15)17(3)16-8)12(18)13(19-4)7(2)11(6)14/h5,18H,15H2,1-4H3. The quantitative estimate of drug-likeness (QED) is 0.887. The van der Waals surface area contributed by atoms with Crippen LogP contribution in [0.1, 0.15) is 11.1 Å². The van der Waals surface area contributed by atoms with Crippen LogP contribution in [0.2, 0.25) is 5.02 Å². The first kappa shape index (κ1) is 13.5. The molecule has 0 aliphatic carbocycles. The molecular formula is C13H16ClN3O2. The molecule has 0 radical (unpaired) electrons. The fourth-order valence-corrected chi connectivity index (χ4v) is 2.31. The number of aromatic hydroxyl groups is 1. The van der Waals surface area contributed by atoms with E-state index in [-0.39, 0.29) is 5.75 Å². The summed E-state index contributed by atoms with van der Waals surface area (Å²) in [4.78, 5) is 0. The molecule has 0 aliphatic heterocycles. The van der Waals surface area contributed by atoms with Crippen LogP contribution in [-0.4, -0.2) is 22.0 Å². The minimum absolute atomic E-state index is 0.0278. The number of methoxy groups -OCH3 is 1. The maximum absolute atomic E-state index is 10.4. The molecule has 0 unspecified atom stereocenters. The number of nitrogens with zero attached hydrogens (tertiary/aromatic N) is 2. The van der Waals surface area contributed by atoms with E-state index in [0.717, 1.165) is 5.56 Å². The molecule has 6 heteroatoms. The van der Waals surface area contributed by atoms with Gasteiger partial charge < -0.3 is 15.6 Å². The highest BCUT2D eigenvalue weighted by atomic mass is 35.5. The zero-order valence-electron chi connectivity index (χ0n) is 11.3. The van der Waals surface area contributed by atoms with Gasteiger partial charge >= 0.3 is 0 Å². The third-order valence-corrected chi connectivity index (χ3v) is 3.77. The minimum Gasteiger partial charge on any atom is -0.504 e. The Hall–Kier alpha value is -1.88. The number of halogens is 1. The Morgan fingerprint density at radius 2 is 2.00 bits per heavy atom. The van der Waals surface area contributed by atoms with Gasteiger partial charge in [-0.1, -0.05) is 11.6 Å². The normalized spacial score (nSPS) is 10.8. The van der Waals surface area contributed by atoms with Gasteiger partial charge in [-0.15, -0.1) is 0 Å². The summed E-state index contributed by atoms with van der Waals surface area (Å²) in [6.45, 7) is 3.62. The fourth-order valence-electron chi connectivity index (χ4n) is 2.13. The number of aryl methyl sites for hydroxylation is 1. The minimum atomic E-state index is 0.0278. The average molecular weight is 282 g/mol. The Bertz CT molecular complexity index is 631. The molecule has 1 heterocycles. The van der Waals surface area contributed by atoms with Crippen LogP contribution >= 0.6 is 11.6 Å². The predicted octanol–water partition coefficient (Wildman–Crippen LogP) is 2.65. The summed E-state index contributed by atoms with van der Waals surface area (Å²) in [5.74, 6) is 0.888. The van der Waals surface area contributed by atoms with E-state index in [1.807, 2.05) is 6.92 Å². The van der Waals surface area contributed by atoms with Gasteiger partial charge in [0, 0.05) is 18.7 Å². The lowest BCUT2D eigenvalue weighted by atomic mass is 10.00. The van der Waals surface area contributed by atoms with Crippen molar-refractivity contribution in [1.29, 1.82) is 0 Å². The van der Waals surface area contributed by atoms with Crippen LogP contribution in [0.5, 0.6) is 11.5 Å². The lowest BCUT2D eigenvalue weighted by Crippen LogP contribution is -1.98. The number of hydrogen-bond donors (Lipinski definition) is 2. The zero-order chi connectivity index (χ0) is 14.3. The summed E-state index contributed by atoms with van der Waals surface area (Å²) in [6, 6.07) is 1.69. The van der Waals surface area contributed by atoms with E-state index in [9.17, 15) is 5.11 Å². The molecule has 0 amide bonds. The van der Waals surface area contributed by atoms with Crippen LogP contribution in [0, 0.1) is 13.8 Å². The highest BCUT2D eigenvalue weighted by Crippen LogP contribution is 2.45. The van der Waals surface area contributed by atoms with Crippen molar-refractivity contribution < 1.29 is 9.84 Å². The van der Waals surface area contributed by atoms with E-state index < -0.39 is 0 Å². The van der Waals surface area contributed by atoms with Gasteiger partial charge in [-0.2, -0.15) is 5.10 Å². The van der Waals surface area contributed by atoms with Gasteiger partial charge in [0.15, 0.2) is 11.5 Å². The smallest absolute Gasteiger partial charge is 0.167 e. The van der Waals surface area contributed by atoms with Crippen LogP contribution < -0.4 is 10.5 Å². The number of hydrogen-bond acceptors (Lipinski definition) is 4. The molecule has 0 spiro atoms. The Labute approximate surface area is 116 Å². The summed E-state index contributed by atoms with van der Waals surface area (Å²) < 4.78 is 6.75. The second kappa shape index (κ2) is 4.66. The molecule has 0 saturated carbocycles. The topological polar surface area (TPSA) is 73.3 Å². The summed E-state index contributed by atoms with van der Waals surface area (Å²) in [7, 11) is 3.22. The van der Waals surface area contributed by atoms with Gasteiger partial charge in [0.05, 0.1) is 23.4 Å². The van der Waals surface area contributed by atoms with Crippen molar-refractivity contribution in [3.05, 3.63) is 22.2 Å². The van der Waals surface area contributed by atoms with E-state index in [4.69, 9.17) is 22.1 Å². The molecule has 0 fully saturated rings. The molecule has 2 rings (SSSR count). The zero-order valence-corrected chi connectivity index (χ0v) is 12.0. The number of anilines is 1. The summed E-state index contributed by atoms with van der Waals surface area (Å²) in [5, 5.41) is 15.2. The Kier molecular flexibility index (Phi) is 3.32. The number of phenolic OH excluding ortho intramolecular Hbond substituents is 1. The molecule has 1 aromatic heterocycles. The van der Waals surface area contributed by atoms with Crippen molar-refractivity contribution in [1.82, 2.24) is 9.78 Å². The maximum Gasteiger partial charge on any atom is 0.167 e. The van der Waals surface area contributed by atoms with E-state index in [0.29, 0.717) is 33.4 Å². The van der Waals surface area contributed by atoms with E-state index in [2.05, 4.69) is 5.10 Å². The first-order valence-electron chi connectivity index (χ1n) is 5.74. The van der Waals surface area contributed by atoms with Gasteiger partial charge in [0.1, 0.15) is 5.82 Å². The van der Waals surface area contributed by atoms with Crippen LogP contribution in [0.3, 0.4) is 0 Å². The molecule has 102 valence electrons. The number of nitrogens with two attached hydrogens (primary N) is 1. The van der Waals surface area contributed by atoms with Gasteiger partial charge in [-0.3, -0.25) is 4.68 Å². The number of aromatic nitrogens is 2. The second-order valence-electron chi connectivity index (χ2n) is 4.40. The maximum atomic E-state index is 10.4. The van der Waals surface area contributed by atoms with Crippen molar-refractivity contribution >= 4 is 17.4 Å².